The Morgan fingerprint density at radius 3 is 1.64 bits per heavy atom. The van der Waals surface area contributed by atoms with Crippen LogP contribution in [0.25, 0.3) is 0 Å². The second kappa shape index (κ2) is 19.0. The molecule has 4 nitrogen and oxygen atoms in total. The van der Waals surface area contributed by atoms with Crippen molar-refractivity contribution in [3.63, 3.8) is 0 Å². The van der Waals surface area contributed by atoms with E-state index < -0.39 is 5.97 Å². The molecule has 0 rings (SSSR count). The molecule has 0 bridgehead atoms. The maximum atomic E-state index is 12.0. The van der Waals surface area contributed by atoms with Crippen molar-refractivity contribution in [2.45, 2.75) is 129 Å². The maximum Gasteiger partial charge on any atom is 0.303 e. The Hall–Kier alpha value is -1.32. The lowest BCUT2D eigenvalue weighted by molar-refractivity contribution is -0.137. The Balaban J connectivity index is 3.83. The van der Waals surface area contributed by atoms with Gasteiger partial charge in [0.15, 0.2) is 0 Å². The summed E-state index contributed by atoms with van der Waals surface area (Å²) in [7, 11) is 0. The fourth-order valence-electron chi connectivity index (χ4n) is 3.50. The van der Waals surface area contributed by atoms with Gasteiger partial charge in [0.25, 0.3) is 0 Å². The average Bonchev–Trinajstić information content (AvgIpc) is 2.65. The third kappa shape index (κ3) is 18.1. The summed E-state index contributed by atoms with van der Waals surface area (Å²) in [5.41, 5.74) is 0.593. The summed E-state index contributed by atoms with van der Waals surface area (Å²) < 4.78 is 0. The lowest BCUT2D eigenvalue weighted by Gasteiger charge is -2.19. The zero-order valence-electron chi connectivity index (χ0n) is 18.6. The monoisotopic (exact) mass is 395 g/mol. The number of carbonyl (C=O) groups excluding carboxylic acids is 1. The van der Waals surface area contributed by atoms with Crippen LogP contribution in [0, 0.1) is 0 Å². The first-order valence-electron chi connectivity index (χ1n) is 11.7. The van der Waals surface area contributed by atoms with Crippen LogP contribution >= 0.6 is 0 Å². The molecule has 0 heterocycles. The van der Waals surface area contributed by atoms with Gasteiger partial charge in [0.2, 0.25) is 5.91 Å². The van der Waals surface area contributed by atoms with Crippen LogP contribution in [0.1, 0.15) is 123 Å². The Labute approximate surface area is 173 Å². The molecule has 1 atom stereocenters. The number of aliphatic carboxylic acids is 1. The van der Waals surface area contributed by atoms with Gasteiger partial charge in [-0.05, 0) is 26.2 Å². The number of nitrogens with one attached hydrogen (secondary N) is 1. The van der Waals surface area contributed by atoms with Crippen molar-refractivity contribution in [2.24, 2.45) is 0 Å². The zero-order valence-corrected chi connectivity index (χ0v) is 18.6. The zero-order chi connectivity index (χ0) is 21.0. The van der Waals surface area contributed by atoms with Gasteiger partial charge in [0.05, 0.1) is 0 Å². The molecular formula is C24H45NO3. The number of hydrogen-bond donors (Lipinski definition) is 2. The summed E-state index contributed by atoms with van der Waals surface area (Å²) in [6.07, 6.45) is 19.2. The van der Waals surface area contributed by atoms with Crippen LogP contribution in [0.4, 0.5) is 0 Å². The number of unbranched alkanes of at least 4 members (excludes halogenated alkanes) is 12. The largest absolute Gasteiger partial charge is 0.481 e. The standard InChI is InChI=1S/C24H45NO3/c1-4-5-6-7-12-15-18-22(25-24(28)21(2)3)19-16-13-10-8-9-11-14-17-20-23(26)27/h22H,2,4-20H2,1,3H3,(H,25,28)(H,26,27). The fourth-order valence-corrected chi connectivity index (χ4v) is 3.50. The lowest BCUT2D eigenvalue weighted by atomic mass is 9.99. The number of amides is 1. The molecule has 4 heteroatoms. The molecule has 0 aliphatic rings. The van der Waals surface area contributed by atoms with Crippen molar-refractivity contribution in [3.8, 4) is 0 Å². The van der Waals surface area contributed by atoms with Crippen molar-refractivity contribution >= 4 is 11.9 Å². The minimum absolute atomic E-state index is 0.00246. The third-order valence-electron chi connectivity index (χ3n) is 5.32. The molecule has 2 N–H and O–H groups in total. The summed E-state index contributed by atoms with van der Waals surface area (Å²) in [6, 6.07) is 0.284. The second-order valence-corrected chi connectivity index (χ2v) is 8.27. The molecular weight excluding hydrogens is 350 g/mol. The van der Waals surface area contributed by atoms with E-state index in [1.807, 2.05) is 0 Å². The Morgan fingerprint density at radius 1 is 0.786 bits per heavy atom. The Kier molecular flexibility index (Phi) is 18.1. The molecule has 0 saturated heterocycles. The molecule has 0 aliphatic carbocycles. The smallest absolute Gasteiger partial charge is 0.303 e. The van der Waals surface area contributed by atoms with Crippen molar-refractivity contribution in [3.05, 3.63) is 12.2 Å². The summed E-state index contributed by atoms with van der Waals surface area (Å²) in [4.78, 5) is 22.4. The molecule has 1 unspecified atom stereocenters. The van der Waals surface area contributed by atoms with Gasteiger partial charge in [-0.2, -0.15) is 0 Å². The van der Waals surface area contributed by atoms with E-state index in [0.717, 1.165) is 38.5 Å². The first kappa shape index (κ1) is 26.7. The van der Waals surface area contributed by atoms with Crippen LogP contribution in [-0.2, 0) is 9.59 Å². The molecule has 0 fully saturated rings. The van der Waals surface area contributed by atoms with Gasteiger partial charge < -0.3 is 10.4 Å². The van der Waals surface area contributed by atoms with Crippen LogP contribution in [0.2, 0.25) is 0 Å². The van der Waals surface area contributed by atoms with E-state index in [1.165, 1.54) is 64.2 Å². The fraction of sp³-hybridized carbons (Fsp3) is 0.833. The van der Waals surface area contributed by atoms with E-state index in [4.69, 9.17) is 5.11 Å². The highest BCUT2D eigenvalue weighted by Gasteiger charge is 2.12. The third-order valence-corrected chi connectivity index (χ3v) is 5.32. The maximum absolute atomic E-state index is 12.0. The second-order valence-electron chi connectivity index (χ2n) is 8.27. The van der Waals surface area contributed by atoms with Gasteiger partial charge in [-0.15, -0.1) is 0 Å². The summed E-state index contributed by atoms with van der Waals surface area (Å²) in [5.74, 6) is -0.688. The van der Waals surface area contributed by atoms with Gasteiger partial charge in [0, 0.05) is 18.0 Å². The van der Waals surface area contributed by atoms with Gasteiger partial charge in [-0.1, -0.05) is 97.0 Å². The van der Waals surface area contributed by atoms with Crippen molar-refractivity contribution in [1.29, 1.82) is 0 Å². The Morgan fingerprint density at radius 2 is 1.21 bits per heavy atom. The van der Waals surface area contributed by atoms with E-state index >= 15 is 0 Å². The van der Waals surface area contributed by atoms with E-state index in [2.05, 4.69) is 18.8 Å². The van der Waals surface area contributed by atoms with E-state index in [-0.39, 0.29) is 11.9 Å². The SMILES string of the molecule is C=C(C)C(=O)NC(CCCCCCCC)CCCCCCCCCCC(=O)O. The summed E-state index contributed by atoms with van der Waals surface area (Å²) in [5, 5.41) is 11.8. The van der Waals surface area contributed by atoms with E-state index in [0.29, 0.717) is 12.0 Å². The summed E-state index contributed by atoms with van der Waals surface area (Å²) in [6.45, 7) is 7.76. The van der Waals surface area contributed by atoms with Crippen LogP contribution in [0.3, 0.4) is 0 Å². The molecule has 0 aliphatic heterocycles. The Bertz CT molecular complexity index is 420. The van der Waals surface area contributed by atoms with Crippen LogP contribution in [0.5, 0.6) is 0 Å². The highest BCUT2D eigenvalue weighted by Crippen LogP contribution is 2.15. The molecule has 28 heavy (non-hydrogen) atoms. The topological polar surface area (TPSA) is 66.4 Å². The lowest BCUT2D eigenvalue weighted by Crippen LogP contribution is -2.35. The quantitative estimate of drug-likeness (QED) is 0.176. The number of carboxylic acid groups (broad SMARTS) is 1. The predicted octanol–water partition coefficient (Wildman–Crippen LogP) is 6.78. The highest BCUT2D eigenvalue weighted by molar-refractivity contribution is 5.92. The minimum Gasteiger partial charge on any atom is -0.481 e. The first-order valence-corrected chi connectivity index (χ1v) is 11.7. The molecule has 164 valence electrons. The van der Waals surface area contributed by atoms with Crippen LogP contribution < -0.4 is 5.32 Å². The predicted molar refractivity (Wildman–Crippen MR) is 119 cm³/mol. The molecule has 0 aromatic heterocycles. The number of carboxylic acids is 1. The van der Waals surface area contributed by atoms with Crippen molar-refractivity contribution in [2.75, 3.05) is 0 Å². The highest BCUT2D eigenvalue weighted by atomic mass is 16.4. The molecule has 0 spiro atoms. The molecule has 0 saturated carbocycles. The number of carbonyl (C=O) groups is 2. The normalized spacial score (nSPS) is 11.9. The van der Waals surface area contributed by atoms with Gasteiger partial charge in [-0.25, -0.2) is 0 Å². The van der Waals surface area contributed by atoms with E-state index in [9.17, 15) is 9.59 Å². The van der Waals surface area contributed by atoms with Crippen molar-refractivity contribution < 1.29 is 14.7 Å². The molecule has 1 amide bonds. The minimum atomic E-state index is -0.686. The number of hydrogen-bond acceptors (Lipinski definition) is 2. The average molecular weight is 396 g/mol. The molecule has 0 aromatic carbocycles. The van der Waals surface area contributed by atoms with Gasteiger partial charge in [-0.3, -0.25) is 9.59 Å². The summed E-state index contributed by atoms with van der Waals surface area (Å²) >= 11 is 0. The molecule has 0 aromatic rings. The van der Waals surface area contributed by atoms with Gasteiger partial charge >= 0.3 is 5.97 Å². The van der Waals surface area contributed by atoms with Gasteiger partial charge in [0.1, 0.15) is 0 Å². The molecule has 0 radical (unpaired) electrons. The number of rotatable bonds is 20. The van der Waals surface area contributed by atoms with E-state index in [1.54, 1.807) is 6.92 Å². The van der Waals surface area contributed by atoms with Crippen LogP contribution in [0.15, 0.2) is 12.2 Å². The van der Waals surface area contributed by atoms with Crippen LogP contribution in [-0.4, -0.2) is 23.0 Å². The first-order chi connectivity index (χ1) is 13.5. The van der Waals surface area contributed by atoms with Crippen molar-refractivity contribution in [1.82, 2.24) is 5.32 Å².